The highest BCUT2D eigenvalue weighted by Crippen LogP contribution is 2.23. The lowest BCUT2D eigenvalue weighted by Crippen LogP contribution is -2.42. The van der Waals surface area contributed by atoms with E-state index in [2.05, 4.69) is 48.1 Å². The van der Waals surface area contributed by atoms with Crippen molar-refractivity contribution in [2.24, 2.45) is 0 Å². The lowest BCUT2D eigenvalue weighted by molar-refractivity contribution is 0.206. The Labute approximate surface area is 117 Å². The highest BCUT2D eigenvalue weighted by atomic mass is 15.1. The van der Waals surface area contributed by atoms with Crippen LogP contribution in [-0.4, -0.2) is 40.8 Å². The second-order valence-corrected chi connectivity index (χ2v) is 6.61. The van der Waals surface area contributed by atoms with Gasteiger partial charge in [0.25, 0.3) is 0 Å². The van der Waals surface area contributed by atoms with Crippen LogP contribution in [-0.2, 0) is 12.0 Å². The van der Waals surface area contributed by atoms with E-state index in [1.165, 1.54) is 43.7 Å². The van der Waals surface area contributed by atoms with Crippen molar-refractivity contribution >= 4 is 0 Å². The van der Waals surface area contributed by atoms with Crippen molar-refractivity contribution in [3.63, 3.8) is 0 Å². The topological polar surface area (TPSA) is 44.0 Å². The minimum atomic E-state index is 0.138. The molecule has 108 valence electrons. The molecule has 1 aromatic heterocycles. The minimum absolute atomic E-state index is 0.138. The number of rotatable bonds is 4. The van der Waals surface area contributed by atoms with Gasteiger partial charge in [-0.1, -0.05) is 27.7 Å². The second kappa shape index (κ2) is 6.06. The van der Waals surface area contributed by atoms with Gasteiger partial charge in [0.2, 0.25) is 0 Å². The van der Waals surface area contributed by atoms with Crippen LogP contribution in [0.25, 0.3) is 0 Å². The Hall–Kier alpha value is -0.870. The predicted molar refractivity (Wildman–Crippen MR) is 79.3 cm³/mol. The Morgan fingerprint density at radius 2 is 2.05 bits per heavy atom. The Morgan fingerprint density at radius 3 is 2.63 bits per heavy atom. The number of hydrogen-bond donors (Lipinski definition) is 2. The highest BCUT2D eigenvalue weighted by molar-refractivity contribution is 5.23. The van der Waals surface area contributed by atoms with Crippen molar-refractivity contribution in [2.45, 2.75) is 58.5 Å². The van der Waals surface area contributed by atoms with E-state index in [-0.39, 0.29) is 5.41 Å². The number of nitrogens with zero attached hydrogens (tertiary/aromatic N) is 2. The van der Waals surface area contributed by atoms with Gasteiger partial charge in [0.05, 0.1) is 6.20 Å². The highest BCUT2D eigenvalue weighted by Gasteiger charge is 2.21. The van der Waals surface area contributed by atoms with Crippen molar-refractivity contribution in [1.29, 1.82) is 0 Å². The van der Waals surface area contributed by atoms with Gasteiger partial charge in [-0.25, -0.2) is 0 Å². The molecular weight excluding hydrogens is 236 g/mol. The Kier molecular flexibility index (Phi) is 4.63. The van der Waals surface area contributed by atoms with E-state index in [0.29, 0.717) is 6.04 Å². The van der Waals surface area contributed by atoms with Crippen LogP contribution >= 0.6 is 0 Å². The number of aromatic amines is 1. The summed E-state index contributed by atoms with van der Waals surface area (Å²) in [7, 11) is 0. The quantitative estimate of drug-likeness (QED) is 0.877. The molecule has 2 rings (SSSR count). The summed E-state index contributed by atoms with van der Waals surface area (Å²) in [4.78, 5) is 2.52. The van der Waals surface area contributed by atoms with Crippen LogP contribution in [0.2, 0.25) is 0 Å². The molecular formula is C15H28N4. The van der Waals surface area contributed by atoms with Crippen LogP contribution in [0.15, 0.2) is 6.20 Å². The van der Waals surface area contributed by atoms with Crippen molar-refractivity contribution in [2.75, 3.05) is 19.6 Å². The Morgan fingerprint density at radius 1 is 1.37 bits per heavy atom. The zero-order valence-corrected chi connectivity index (χ0v) is 12.8. The van der Waals surface area contributed by atoms with Gasteiger partial charge in [0, 0.05) is 29.3 Å². The standard InChI is InChI=1S/C15H28N4/c1-5-19-8-6-13(7-9-19)16-10-12-11-17-18-14(12)15(2,3)4/h11,13,16H,5-10H2,1-4H3,(H,17,18). The average Bonchev–Trinajstić information content (AvgIpc) is 2.85. The zero-order valence-electron chi connectivity index (χ0n) is 12.8. The van der Waals surface area contributed by atoms with E-state index in [1.807, 2.05) is 6.20 Å². The Balaban J connectivity index is 1.85. The average molecular weight is 264 g/mol. The third-order valence-electron chi connectivity index (χ3n) is 4.08. The molecule has 1 aliphatic rings. The van der Waals surface area contributed by atoms with Crippen LogP contribution in [0.1, 0.15) is 51.8 Å². The molecule has 0 spiro atoms. The fourth-order valence-electron chi connectivity index (χ4n) is 2.80. The van der Waals surface area contributed by atoms with E-state index in [1.54, 1.807) is 0 Å². The molecule has 1 aliphatic heterocycles. The normalized spacial score (nSPS) is 18.9. The number of hydrogen-bond acceptors (Lipinski definition) is 3. The van der Waals surface area contributed by atoms with Gasteiger partial charge < -0.3 is 10.2 Å². The van der Waals surface area contributed by atoms with Gasteiger partial charge in [-0.15, -0.1) is 0 Å². The Bertz CT molecular complexity index is 383. The first-order valence-electron chi connectivity index (χ1n) is 7.49. The van der Waals surface area contributed by atoms with E-state index in [9.17, 15) is 0 Å². The monoisotopic (exact) mass is 264 g/mol. The molecule has 1 saturated heterocycles. The summed E-state index contributed by atoms with van der Waals surface area (Å²) in [6.45, 7) is 13.5. The summed E-state index contributed by atoms with van der Waals surface area (Å²) in [5.74, 6) is 0. The molecule has 19 heavy (non-hydrogen) atoms. The molecule has 0 unspecified atom stereocenters. The molecule has 0 amide bonds. The van der Waals surface area contributed by atoms with Crippen LogP contribution < -0.4 is 5.32 Å². The maximum Gasteiger partial charge on any atom is 0.0535 e. The lowest BCUT2D eigenvalue weighted by atomic mass is 9.89. The molecule has 4 nitrogen and oxygen atoms in total. The van der Waals surface area contributed by atoms with Gasteiger partial charge in [-0.05, 0) is 32.5 Å². The molecule has 0 bridgehead atoms. The SMILES string of the molecule is CCN1CCC(NCc2cn[nH]c2C(C)(C)C)CC1. The number of nitrogens with one attached hydrogen (secondary N) is 2. The summed E-state index contributed by atoms with van der Waals surface area (Å²) < 4.78 is 0. The van der Waals surface area contributed by atoms with Gasteiger partial charge in [-0.2, -0.15) is 5.10 Å². The third kappa shape index (κ3) is 3.80. The summed E-state index contributed by atoms with van der Waals surface area (Å²) in [5.41, 5.74) is 2.70. The van der Waals surface area contributed by atoms with E-state index < -0.39 is 0 Å². The summed E-state index contributed by atoms with van der Waals surface area (Å²) >= 11 is 0. The zero-order chi connectivity index (χ0) is 13.9. The number of likely N-dealkylation sites (tertiary alicyclic amines) is 1. The van der Waals surface area contributed by atoms with Crippen molar-refractivity contribution < 1.29 is 0 Å². The van der Waals surface area contributed by atoms with Crippen molar-refractivity contribution in [3.05, 3.63) is 17.5 Å². The van der Waals surface area contributed by atoms with Crippen LogP contribution in [0.4, 0.5) is 0 Å². The van der Waals surface area contributed by atoms with Gasteiger partial charge in [0.15, 0.2) is 0 Å². The van der Waals surface area contributed by atoms with Crippen molar-refractivity contribution in [3.8, 4) is 0 Å². The number of H-pyrrole nitrogens is 1. The molecule has 0 aliphatic carbocycles. The molecule has 0 saturated carbocycles. The lowest BCUT2D eigenvalue weighted by Gasteiger charge is -2.31. The smallest absolute Gasteiger partial charge is 0.0535 e. The fourth-order valence-corrected chi connectivity index (χ4v) is 2.80. The first kappa shape index (κ1) is 14.5. The fraction of sp³-hybridized carbons (Fsp3) is 0.800. The number of aromatic nitrogens is 2. The molecule has 1 aromatic rings. The predicted octanol–water partition coefficient (Wildman–Crippen LogP) is 2.28. The minimum Gasteiger partial charge on any atom is -0.310 e. The molecule has 0 atom stereocenters. The van der Waals surface area contributed by atoms with Crippen molar-refractivity contribution in [1.82, 2.24) is 20.4 Å². The van der Waals surface area contributed by atoms with Gasteiger partial charge in [-0.3, -0.25) is 5.10 Å². The maximum atomic E-state index is 4.20. The number of piperidine rings is 1. The van der Waals surface area contributed by atoms with Crippen LogP contribution in [0, 0.1) is 0 Å². The molecule has 2 N–H and O–H groups in total. The largest absolute Gasteiger partial charge is 0.310 e. The molecule has 0 radical (unpaired) electrons. The van der Waals surface area contributed by atoms with E-state index in [4.69, 9.17) is 0 Å². The van der Waals surface area contributed by atoms with Gasteiger partial charge in [0.1, 0.15) is 0 Å². The van der Waals surface area contributed by atoms with Gasteiger partial charge >= 0.3 is 0 Å². The van der Waals surface area contributed by atoms with E-state index in [0.717, 1.165) is 6.54 Å². The first-order chi connectivity index (χ1) is 9.00. The summed E-state index contributed by atoms with van der Waals surface area (Å²) in [6.07, 6.45) is 4.49. The maximum absolute atomic E-state index is 4.20. The summed E-state index contributed by atoms with van der Waals surface area (Å²) in [5, 5.41) is 11.1. The molecule has 1 fully saturated rings. The third-order valence-corrected chi connectivity index (χ3v) is 4.08. The molecule has 0 aromatic carbocycles. The van der Waals surface area contributed by atoms with E-state index >= 15 is 0 Å². The molecule has 4 heteroatoms. The van der Waals surface area contributed by atoms with Crippen LogP contribution in [0.5, 0.6) is 0 Å². The first-order valence-corrected chi connectivity index (χ1v) is 7.49. The van der Waals surface area contributed by atoms with Crippen LogP contribution in [0.3, 0.4) is 0 Å². The summed E-state index contributed by atoms with van der Waals surface area (Å²) in [6, 6.07) is 0.658. The second-order valence-electron chi connectivity index (χ2n) is 6.61. The molecule has 2 heterocycles.